The molecule has 1 atom stereocenters. The molecule has 0 bridgehead atoms. The van der Waals surface area contributed by atoms with Crippen molar-refractivity contribution in [2.45, 2.75) is 32.1 Å². The van der Waals surface area contributed by atoms with Gasteiger partial charge in [0.25, 0.3) is 0 Å². The minimum absolute atomic E-state index is 0.195. The number of benzene rings is 9. The standard InChI is InChI=1S/C67H50N6/c68-58-15-5-6-16-59(58)69-41-42-21-33-53(34-22-42)73-63-20-10-9-19-62(63)72-67(73)46-27-23-45(24-28-46)49-31-35-54-56(39-49)64(50-29-25-43-11-1-3-13-47(43)37-50)55-36-32-52(66-70-60-17-7-8-18-61(60)71-66)40-57(55)65(54)51-30-26-44-12-2-4-14-48(44)38-51/h1-5,7,9-15,17,19-21,23-42H,6,8,16,18,22,68H2,(H,70,71). The molecule has 6 heteroatoms. The first-order chi connectivity index (χ1) is 36.1. The number of aliphatic imine (C=N–C) groups is 1. The average Bonchev–Trinajstić information content (AvgIpc) is 4.08. The Labute approximate surface area is 423 Å². The Hall–Kier alpha value is -9.13. The lowest BCUT2D eigenvalue weighted by Gasteiger charge is -2.20. The molecule has 0 aliphatic heterocycles. The smallest absolute Gasteiger partial charge is 0.145 e. The Morgan fingerprint density at radius 1 is 0.548 bits per heavy atom. The Bertz CT molecular complexity index is 4250. The van der Waals surface area contributed by atoms with E-state index >= 15 is 0 Å². The molecule has 2 heterocycles. The SMILES string of the molecule is NC1=C(N=CC2C=CC(n3c(-c4ccc(-c5ccc6c(-c7ccc8ccccc8c7)c7cc(-c8nc9c([nH]8)C=CCC9)ccc7c(-c7ccc8ccccc8c7)c6c5)cc4)nc4ccccc43)=CC2)CCC=C1. The second kappa shape index (κ2) is 17.6. The summed E-state index contributed by atoms with van der Waals surface area (Å²) in [6.07, 6.45) is 22.0. The molecule has 0 amide bonds. The largest absolute Gasteiger partial charge is 0.397 e. The van der Waals surface area contributed by atoms with Crippen molar-refractivity contribution < 1.29 is 0 Å². The van der Waals surface area contributed by atoms with Crippen LogP contribution >= 0.6 is 0 Å². The van der Waals surface area contributed by atoms with E-state index in [0.29, 0.717) is 0 Å². The van der Waals surface area contributed by atoms with E-state index in [1.165, 1.54) is 65.3 Å². The molecule has 2 aromatic heterocycles. The van der Waals surface area contributed by atoms with Crippen LogP contribution in [-0.2, 0) is 6.42 Å². The van der Waals surface area contributed by atoms with E-state index in [1.54, 1.807) is 0 Å². The lowest BCUT2D eigenvalue weighted by molar-refractivity contribution is 0.864. The van der Waals surface area contributed by atoms with Gasteiger partial charge in [0, 0.05) is 29.0 Å². The summed E-state index contributed by atoms with van der Waals surface area (Å²) in [5.41, 5.74) is 22.6. The third kappa shape index (κ3) is 7.62. The summed E-state index contributed by atoms with van der Waals surface area (Å²) in [5, 5.41) is 9.68. The first-order valence-corrected chi connectivity index (χ1v) is 25.5. The number of nitrogens with two attached hydrogens (primary N) is 1. The molecule has 0 spiro atoms. The Balaban J connectivity index is 0.910. The highest BCUT2D eigenvalue weighted by atomic mass is 15.1. The molecule has 73 heavy (non-hydrogen) atoms. The molecule has 0 saturated carbocycles. The predicted octanol–water partition coefficient (Wildman–Crippen LogP) is 16.7. The van der Waals surface area contributed by atoms with E-state index in [-0.39, 0.29) is 5.92 Å². The molecule has 3 N–H and O–H groups in total. The van der Waals surface area contributed by atoms with Crippen molar-refractivity contribution in [1.82, 2.24) is 19.5 Å². The number of para-hydroxylation sites is 2. The highest BCUT2D eigenvalue weighted by Gasteiger charge is 2.22. The van der Waals surface area contributed by atoms with Gasteiger partial charge in [-0.25, -0.2) is 9.97 Å². The summed E-state index contributed by atoms with van der Waals surface area (Å²) in [7, 11) is 0. The number of nitrogens with one attached hydrogen (secondary N) is 1. The van der Waals surface area contributed by atoms with Gasteiger partial charge in [0.2, 0.25) is 0 Å². The van der Waals surface area contributed by atoms with E-state index in [4.69, 9.17) is 20.7 Å². The van der Waals surface area contributed by atoms with Gasteiger partial charge >= 0.3 is 0 Å². The zero-order valence-electron chi connectivity index (χ0n) is 40.3. The molecule has 0 radical (unpaired) electrons. The summed E-state index contributed by atoms with van der Waals surface area (Å²) in [5.74, 6) is 2.01. The molecule has 9 aromatic carbocycles. The van der Waals surface area contributed by atoms with Crippen molar-refractivity contribution in [3.8, 4) is 56.2 Å². The van der Waals surface area contributed by atoms with Crippen molar-refractivity contribution in [2.24, 2.45) is 16.6 Å². The van der Waals surface area contributed by atoms with Gasteiger partial charge in [0.15, 0.2) is 0 Å². The van der Waals surface area contributed by atoms with Crippen LogP contribution in [0.2, 0.25) is 0 Å². The third-order valence-electron chi connectivity index (χ3n) is 15.1. The van der Waals surface area contributed by atoms with E-state index in [1.807, 2.05) is 12.3 Å². The number of aromatic amines is 1. The van der Waals surface area contributed by atoms with Crippen LogP contribution in [0.1, 0.15) is 37.1 Å². The van der Waals surface area contributed by atoms with Crippen molar-refractivity contribution in [2.75, 3.05) is 0 Å². The van der Waals surface area contributed by atoms with Gasteiger partial charge in [0.05, 0.1) is 33.8 Å². The minimum atomic E-state index is 0.195. The van der Waals surface area contributed by atoms with E-state index in [9.17, 15) is 0 Å². The van der Waals surface area contributed by atoms with Crippen molar-refractivity contribution >= 4 is 72.1 Å². The van der Waals surface area contributed by atoms with Crippen LogP contribution in [-0.4, -0.2) is 25.7 Å². The summed E-state index contributed by atoms with van der Waals surface area (Å²) in [6.45, 7) is 0. The Morgan fingerprint density at radius 3 is 1.86 bits per heavy atom. The normalized spacial score (nSPS) is 15.7. The molecule has 6 nitrogen and oxygen atoms in total. The molecule has 0 saturated heterocycles. The number of allylic oxidation sites excluding steroid dienone is 8. The molecule has 3 aliphatic carbocycles. The minimum Gasteiger partial charge on any atom is -0.397 e. The number of hydrogen-bond donors (Lipinski definition) is 2. The summed E-state index contributed by atoms with van der Waals surface area (Å²) in [6, 6.07) is 62.6. The van der Waals surface area contributed by atoms with Crippen LogP contribution in [0.5, 0.6) is 0 Å². The van der Waals surface area contributed by atoms with Gasteiger partial charge in [-0.1, -0.05) is 158 Å². The monoisotopic (exact) mass is 938 g/mol. The fraction of sp³-hybridized carbons (Fsp3) is 0.0896. The van der Waals surface area contributed by atoms with E-state index in [0.717, 1.165) is 106 Å². The highest BCUT2D eigenvalue weighted by Crippen LogP contribution is 2.47. The van der Waals surface area contributed by atoms with Crippen LogP contribution in [0.4, 0.5) is 0 Å². The van der Waals surface area contributed by atoms with Gasteiger partial charge in [-0.15, -0.1) is 0 Å². The number of imidazole rings is 2. The lowest BCUT2D eigenvalue weighted by atomic mass is 9.83. The maximum absolute atomic E-state index is 6.24. The lowest BCUT2D eigenvalue weighted by Crippen LogP contribution is -2.07. The van der Waals surface area contributed by atoms with Gasteiger partial charge in [-0.3, -0.25) is 9.56 Å². The Kier molecular flexibility index (Phi) is 10.3. The Morgan fingerprint density at radius 2 is 1.16 bits per heavy atom. The zero-order valence-corrected chi connectivity index (χ0v) is 40.3. The topological polar surface area (TPSA) is 84.9 Å². The molecule has 11 aromatic rings. The van der Waals surface area contributed by atoms with Gasteiger partial charge in [0.1, 0.15) is 11.6 Å². The summed E-state index contributed by atoms with van der Waals surface area (Å²) >= 11 is 0. The second-order valence-electron chi connectivity index (χ2n) is 19.6. The van der Waals surface area contributed by atoms with Crippen LogP contribution in [0.15, 0.2) is 223 Å². The van der Waals surface area contributed by atoms with Crippen LogP contribution < -0.4 is 5.73 Å². The number of nitrogens with zero attached hydrogens (tertiary/aromatic N) is 4. The van der Waals surface area contributed by atoms with Crippen molar-refractivity contribution in [3.05, 3.63) is 229 Å². The second-order valence-corrected chi connectivity index (χ2v) is 19.6. The van der Waals surface area contributed by atoms with Crippen LogP contribution in [0.25, 0.3) is 122 Å². The fourth-order valence-corrected chi connectivity index (χ4v) is 11.4. The number of H-pyrrole nitrogens is 1. The van der Waals surface area contributed by atoms with E-state index in [2.05, 4.69) is 216 Å². The van der Waals surface area contributed by atoms with Gasteiger partial charge in [-0.05, 0) is 163 Å². The molecule has 14 rings (SSSR count). The van der Waals surface area contributed by atoms with Crippen LogP contribution in [0, 0.1) is 5.92 Å². The molecule has 3 aliphatic rings. The number of rotatable bonds is 8. The quantitative estimate of drug-likeness (QED) is 0.118. The zero-order chi connectivity index (χ0) is 48.4. The van der Waals surface area contributed by atoms with Gasteiger partial charge < -0.3 is 10.7 Å². The van der Waals surface area contributed by atoms with Crippen LogP contribution in [0.3, 0.4) is 0 Å². The first kappa shape index (κ1) is 42.7. The summed E-state index contributed by atoms with van der Waals surface area (Å²) in [4.78, 5) is 18.9. The maximum atomic E-state index is 6.24. The molecular formula is C67H50N6. The van der Waals surface area contributed by atoms with Crippen molar-refractivity contribution in [1.29, 1.82) is 0 Å². The number of hydrogen-bond acceptors (Lipinski definition) is 4. The third-order valence-corrected chi connectivity index (χ3v) is 15.1. The van der Waals surface area contributed by atoms with Gasteiger partial charge in [-0.2, -0.15) is 0 Å². The predicted molar refractivity (Wildman–Crippen MR) is 306 cm³/mol. The maximum Gasteiger partial charge on any atom is 0.145 e. The molecule has 348 valence electrons. The molecule has 0 fully saturated rings. The summed E-state index contributed by atoms with van der Waals surface area (Å²) < 4.78 is 2.30. The number of aromatic nitrogens is 4. The first-order valence-electron chi connectivity index (χ1n) is 25.5. The number of aryl methyl sites for hydroxylation is 1. The molecular weight excluding hydrogens is 889 g/mol. The fourth-order valence-electron chi connectivity index (χ4n) is 11.4. The highest BCUT2D eigenvalue weighted by molar-refractivity contribution is 6.23. The molecule has 1 unspecified atom stereocenters. The van der Waals surface area contributed by atoms with E-state index < -0.39 is 0 Å². The number of fused-ring (bicyclic) bond motifs is 6. The average molecular weight is 939 g/mol. The van der Waals surface area contributed by atoms with Crippen molar-refractivity contribution in [3.63, 3.8) is 0 Å².